The molecule has 4 rings (SSSR count). The standard InChI is InChI=1S/C23H30N6OS/c1-15(18-6-7-21-20(12-18)26-17(3)31-21)28-8-10-29(11-9-28)22-24-13-19(14-25-22)23(4,5)27-16(2)30/h6-7,12-15H,8-11H2,1-5H3,(H,27,30). The molecule has 1 aliphatic rings. The lowest BCUT2D eigenvalue weighted by molar-refractivity contribution is -0.120. The van der Waals surface area contributed by atoms with E-state index in [4.69, 9.17) is 0 Å². The highest BCUT2D eigenvalue weighted by atomic mass is 32.1. The van der Waals surface area contributed by atoms with Gasteiger partial charge in [-0.05, 0) is 45.4 Å². The molecule has 0 radical (unpaired) electrons. The Balaban J connectivity index is 1.39. The van der Waals surface area contributed by atoms with Gasteiger partial charge < -0.3 is 10.2 Å². The molecule has 31 heavy (non-hydrogen) atoms. The van der Waals surface area contributed by atoms with Crippen LogP contribution in [0.3, 0.4) is 0 Å². The number of benzene rings is 1. The molecule has 0 saturated carbocycles. The van der Waals surface area contributed by atoms with Gasteiger partial charge in [-0.15, -0.1) is 11.3 Å². The average molecular weight is 439 g/mol. The second-order valence-corrected chi connectivity index (χ2v) is 9.97. The number of anilines is 1. The zero-order chi connectivity index (χ0) is 22.2. The predicted octanol–water partition coefficient (Wildman–Crippen LogP) is 3.65. The minimum Gasteiger partial charge on any atom is -0.347 e. The van der Waals surface area contributed by atoms with Gasteiger partial charge in [0.2, 0.25) is 11.9 Å². The van der Waals surface area contributed by atoms with E-state index < -0.39 is 5.54 Å². The number of amides is 1. The normalized spacial score (nSPS) is 16.5. The smallest absolute Gasteiger partial charge is 0.225 e. The highest BCUT2D eigenvalue weighted by molar-refractivity contribution is 7.18. The van der Waals surface area contributed by atoms with Gasteiger partial charge in [-0.2, -0.15) is 0 Å². The van der Waals surface area contributed by atoms with Crippen LogP contribution in [-0.2, 0) is 10.3 Å². The number of aryl methyl sites for hydroxylation is 1. The molecular formula is C23H30N6OS. The lowest BCUT2D eigenvalue weighted by Crippen LogP contribution is -2.47. The highest BCUT2D eigenvalue weighted by Crippen LogP contribution is 2.28. The van der Waals surface area contributed by atoms with E-state index in [1.54, 1.807) is 11.3 Å². The third kappa shape index (κ3) is 4.70. The van der Waals surface area contributed by atoms with Crippen molar-refractivity contribution in [3.63, 3.8) is 0 Å². The molecule has 1 atom stereocenters. The van der Waals surface area contributed by atoms with Gasteiger partial charge in [0.25, 0.3) is 0 Å². The Morgan fingerprint density at radius 3 is 2.48 bits per heavy atom. The number of fused-ring (bicyclic) bond motifs is 1. The number of carbonyl (C=O) groups excluding carboxylic acids is 1. The number of hydrogen-bond acceptors (Lipinski definition) is 7. The van der Waals surface area contributed by atoms with Gasteiger partial charge in [0.15, 0.2) is 0 Å². The van der Waals surface area contributed by atoms with Gasteiger partial charge >= 0.3 is 0 Å². The molecule has 7 nitrogen and oxygen atoms in total. The fourth-order valence-corrected chi connectivity index (χ4v) is 4.97. The topological polar surface area (TPSA) is 74.2 Å². The molecule has 8 heteroatoms. The SMILES string of the molecule is CC(=O)NC(C)(C)c1cnc(N2CCN(C(C)c3ccc4sc(C)nc4c3)CC2)nc1. The van der Waals surface area contributed by atoms with Crippen molar-refractivity contribution >= 4 is 33.4 Å². The molecular weight excluding hydrogens is 408 g/mol. The largest absolute Gasteiger partial charge is 0.347 e. The highest BCUT2D eigenvalue weighted by Gasteiger charge is 2.26. The maximum Gasteiger partial charge on any atom is 0.225 e. The monoisotopic (exact) mass is 438 g/mol. The van der Waals surface area contributed by atoms with Crippen LogP contribution < -0.4 is 10.2 Å². The van der Waals surface area contributed by atoms with E-state index in [1.807, 2.05) is 26.2 Å². The van der Waals surface area contributed by atoms with Crippen LogP contribution in [0.1, 0.15) is 49.9 Å². The van der Waals surface area contributed by atoms with Crippen LogP contribution in [0.2, 0.25) is 0 Å². The van der Waals surface area contributed by atoms with Crippen LogP contribution in [0.5, 0.6) is 0 Å². The van der Waals surface area contributed by atoms with Gasteiger partial charge in [-0.3, -0.25) is 9.69 Å². The zero-order valence-electron chi connectivity index (χ0n) is 18.8. The number of aromatic nitrogens is 3. The lowest BCUT2D eigenvalue weighted by atomic mass is 9.97. The van der Waals surface area contributed by atoms with Crippen LogP contribution in [0, 0.1) is 6.92 Å². The van der Waals surface area contributed by atoms with Crippen LogP contribution in [-0.4, -0.2) is 51.9 Å². The minimum absolute atomic E-state index is 0.0663. The first-order chi connectivity index (χ1) is 14.7. The average Bonchev–Trinajstić information content (AvgIpc) is 3.12. The molecule has 0 spiro atoms. The Morgan fingerprint density at radius 2 is 1.84 bits per heavy atom. The summed E-state index contributed by atoms with van der Waals surface area (Å²) in [5.41, 5.74) is 2.81. The number of hydrogen-bond donors (Lipinski definition) is 1. The molecule has 1 N–H and O–H groups in total. The number of nitrogens with one attached hydrogen (secondary N) is 1. The third-order valence-electron chi connectivity index (χ3n) is 5.99. The molecule has 0 aliphatic carbocycles. The van der Waals surface area contributed by atoms with Crippen molar-refractivity contribution in [2.24, 2.45) is 0 Å². The van der Waals surface area contributed by atoms with Crippen molar-refractivity contribution in [2.45, 2.75) is 46.2 Å². The fraction of sp³-hybridized carbons (Fsp3) is 0.478. The second-order valence-electron chi connectivity index (χ2n) is 8.74. The van der Waals surface area contributed by atoms with Crippen molar-refractivity contribution in [3.05, 3.63) is 46.7 Å². The van der Waals surface area contributed by atoms with E-state index in [-0.39, 0.29) is 5.91 Å². The Kier molecular flexibility index (Phi) is 5.94. The Hall–Kier alpha value is -2.58. The van der Waals surface area contributed by atoms with Crippen molar-refractivity contribution in [1.29, 1.82) is 0 Å². The number of carbonyl (C=O) groups is 1. The Labute approximate surface area is 187 Å². The van der Waals surface area contributed by atoms with Gasteiger partial charge in [-0.25, -0.2) is 15.0 Å². The number of nitrogens with zero attached hydrogens (tertiary/aromatic N) is 5. The van der Waals surface area contributed by atoms with Gasteiger partial charge in [-0.1, -0.05) is 6.07 Å². The summed E-state index contributed by atoms with van der Waals surface area (Å²) in [5.74, 6) is 0.678. The number of rotatable bonds is 5. The van der Waals surface area contributed by atoms with E-state index in [9.17, 15) is 4.79 Å². The summed E-state index contributed by atoms with van der Waals surface area (Å²) in [5, 5.41) is 4.05. The molecule has 1 amide bonds. The Morgan fingerprint density at radius 1 is 1.16 bits per heavy atom. The third-order valence-corrected chi connectivity index (χ3v) is 6.95. The van der Waals surface area contributed by atoms with E-state index in [1.165, 1.54) is 17.2 Å². The summed E-state index contributed by atoms with van der Waals surface area (Å²) in [4.78, 5) is 30.0. The van der Waals surface area contributed by atoms with Crippen LogP contribution in [0.15, 0.2) is 30.6 Å². The van der Waals surface area contributed by atoms with E-state index in [2.05, 4.69) is 62.1 Å². The molecule has 1 aromatic carbocycles. The minimum atomic E-state index is -0.491. The van der Waals surface area contributed by atoms with E-state index in [0.29, 0.717) is 6.04 Å². The maximum absolute atomic E-state index is 11.4. The molecule has 0 bridgehead atoms. The summed E-state index contributed by atoms with van der Waals surface area (Å²) >= 11 is 1.75. The van der Waals surface area contributed by atoms with Crippen molar-refractivity contribution in [1.82, 2.24) is 25.2 Å². The van der Waals surface area contributed by atoms with Gasteiger partial charge in [0, 0.05) is 57.1 Å². The molecule has 3 heterocycles. The summed E-state index contributed by atoms with van der Waals surface area (Å²) in [6, 6.07) is 7.00. The molecule has 164 valence electrons. The second kappa shape index (κ2) is 8.51. The first-order valence-corrected chi connectivity index (χ1v) is 11.5. The lowest BCUT2D eigenvalue weighted by Gasteiger charge is -2.38. The molecule has 1 saturated heterocycles. The molecule has 1 aliphatic heterocycles. The zero-order valence-corrected chi connectivity index (χ0v) is 19.7. The molecule has 1 fully saturated rings. The van der Waals surface area contributed by atoms with Crippen molar-refractivity contribution in [2.75, 3.05) is 31.1 Å². The van der Waals surface area contributed by atoms with E-state index in [0.717, 1.165) is 48.2 Å². The van der Waals surface area contributed by atoms with Crippen LogP contribution in [0.25, 0.3) is 10.2 Å². The Bertz CT molecular complexity index is 1070. The summed E-state index contributed by atoms with van der Waals surface area (Å²) in [7, 11) is 0. The van der Waals surface area contributed by atoms with Crippen molar-refractivity contribution in [3.8, 4) is 0 Å². The molecule has 1 unspecified atom stereocenters. The predicted molar refractivity (Wildman–Crippen MR) is 125 cm³/mol. The van der Waals surface area contributed by atoms with Gasteiger partial charge in [0.1, 0.15) is 0 Å². The summed E-state index contributed by atoms with van der Waals surface area (Å²) < 4.78 is 1.25. The fourth-order valence-electron chi connectivity index (χ4n) is 4.16. The molecule has 2 aromatic heterocycles. The van der Waals surface area contributed by atoms with Crippen LogP contribution >= 0.6 is 11.3 Å². The first-order valence-electron chi connectivity index (χ1n) is 10.7. The number of thiazole rings is 1. The van der Waals surface area contributed by atoms with Gasteiger partial charge in [0.05, 0.1) is 20.8 Å². The van der Waals surface area contributed by atoms with Crippen molar-refractivity contribution < 1.29 is 4.79 Å². The molecule has 3 aromatic rings. The quantitative estimate of drug-likeness (QED) is 0.655. The van der Waals surface area contributed by atoms with E-state index >= 15 is 0 Å². The number of piperazine rings is 1. The van der Waals surface area contributed by atoms with Crippen LogP contribution in [0.4, 0.5) is 5.95 Å². The maximum atomic E-state index is 11.4. The summed E-state index contributed by atoms with van der Waals surface area (Å²) in [6.45, 7) is 13.4. The summed E-state index contributed by atoms with van der Waals surface area (Å²) in [6.07, 6.45) is 3.64. The first kappa shape index (κ1) is 21.6.